The zero-order valence-corrected chi connectivity index (χ0v) is 19.6. The van der Waals surface area contributed by atoms with Crippen LogP contribution in [-0.2, 0) is 4.74 Å². The van der Waals surface area contributed by atoms with Crippen LogP contribution in [0.5, 0.6) is 5.75 Å². The van der Waals surface area contributed by atoms with E-state index >= 15 is 0 Å². The summed E-state index contributed by atoms with van der Waals surface area (Å²) in [6.07, 6.45) is 2.34. The molecule has 1 aliphatic heterocycles. The fourth-order valence-corrected chi connectivity index (χ4v) is 4.18. The van der Waals surface area contributed by atoms with Crippen molar-refractivity contribution in [3.05, 3.63) is 70.5 Å². The molecule has 1 fully saturated rings. The molecule has 2 aromatic heterocycles. The van der Waals surface area contributed by atoms with Crippen molar-refractivity contribution in [2.24, 2.45) is 0 Å². The van der Waals surface area contributed by atoms with Crippen molar-refractivity contribution in [2.45, 2.75) is 19.4 Å². The van der Waals surface area contributed by atoms with E-state index in [9.17, 15) is 14.0 Å². The Morgan fingerprint density at radius 3 is 2.81 bits per heavy atom. The third-order valence-electron chi connectivity index (χ3n) is 5.89. The monoisotopic (exact) mass is 490 g/mol. The van der Waals surface area contributed by atoms with Crippen LogP contribution in [0.4, 0.5) is 21.7 Å². The molecule has 1 unspecified atom stereocenters. The second-order valence-corrected chi connectivity index (χ2v) is 8.35. The number of hydrogen-bond acceptors (Lipinski definition) is 9. The van der Waals surface area contributed by atoms with Crippen molar-refractivity contribution in [3.63, 3.8) is 0 Å². The van der Waals surface area contributed by atoms with Crippen molar-refractivity contribution in [1.29, 1.82) is 0 Å². The Bertz CT molecular complexity index is 1510. The van der Waals surface area contributed by atoms with Crippen LogP contribution < -0.4 is 21.0 Å². The fourth-order valence-electron chi connectivity index (χ4n) is 4.18. The number of hydrogen-bond donors (Lipinski definition) is 2. The Morgan fingerprint density at radius 2 is 2.06 bits per heavy atom. The largest absolute Gasteiger partial charge is 0.496 e. The summed E-state index contributed by atoms with van der Waals surface area (Å²) >= 11 is 0. The second kappa shape index (κ2) is 9.74. The number of nitrogens with one attached hydrogen (secondary N) is 2. The highest BCUT2D eigenvalue weighted by atomic mass is 19.1. The minimum absolute atomic E-state index is 0.00880. The first-order chi connectivity index (χ1) is 17.4. The molecule has 0 aliphatic carbocycles. The molecule has 2 aromatic carbocycles. The lowest BCUT2D eigenvalue weighted by Crippen LogP contribution is -2.24. The minimum Gasteiger partial charge on any atom is -0.496 e. The third-order valence-corrected chi connectivity index (χ3v) is 5.89. The normalized spacial score (nSPS) is 15.1. The lowest BCUT2D eigenvalue weighted by atomic mass is 10.1. The Hall–Kier alpha value is -4.31. The van der Waals surface area contributed by atoms with Crippen LogP contribution in [0.3, 0.4) is 0 Å². The first-order valence-corrected chi connectivity index (χ1v) is 11.3. The average Bonchev–Trinajstić information content (AvgIpc) is 3.37. The van der Waals surface area contributed by atoms with Gasteiger partial charge < -0.3 is 24.5 Å². The smallest absolute Gasteiger partial charge is 0.349 e. The highest BCUT2D eigenvalue weighted by molar-refractivity contribution is 6.06. The van der Waals surface area contributed by atoms with Gasteiger partial charge in [-0.25, -0.2) is 19.2 Å². The van der Waals surface area contributed by atoms with E-state index in [1.807, 2.05) is 0 Å². The molecule has 10 heteroatoms. The number of carbonyl (C=O) groups is 1. The predicted molar refractivity (Wildman–Crippen MR) is 133 cm³/mol. The number of ketones is 1. The van der Waals surface area contributed by atoms with Gasteiger partial charge in [-0.15, -0.1) is 0 Å². The summed E-state index contributed by atoms with van der Waals surface area (Å²) in [6, 6.07) is 11.1. The van der Waals surface area contributed by atoms with Gasteiger partial charge >= 0.3 is 5.63 Å². The summed E-state index contributed by atoms with van der Waals surface area (Å²) in [5.74, 6) is -0.165. The van der Waals surface area contributed by atoms with Gasteiger partial charge in [0.25, 0.3) is 0 Å². The molecule has 0 amide bonds. The molecule has 36 heavy (non-hydrogen) atoms. The zero-order chi connectivity index (χ0) is 25.2. The number of rotatable bonds is 7. The molecule has 9 nitrogen and oxygen atoms in total. The van der Waals surface area contributed by atoms with Crippen LogP contribution in [0.25, 0.3) is 22.2 Å². The van der Waals surface area contributed by atoms with Gasteiger partial charge in [0, 0.05) is 41.6 Å². The lowest BCUT2D eigenvalue weighted by molar-refractivity contribution is 0.101. The second-order valence-electron chi connectivity index (χ2n) is 8.35. The van der Waals surface area contributed by atoms with Crippen LogP contribution in [0, 0.1) is 5.82 Å². The Kier molecular flexibility index (Phi) is 6.34. The molecular formula is C26H23FN4O5. The average molecular weight is 490 g/mol. The number of nitrogens with zero attached hydrogens (tertiary/aromatic N) is 2. The van der Waals surface area contributed by atoms with Crippen molar-refractivity contribution in [3.8, 4) is 17.0 Å². The van der Waals surface area contributed by atoms with Gasteiger partial charge in [-0.1, -0.05) is 0 Å². The van der Waals surface area contributed by atoms with E-state index < -0.39 is 11.4 Å². The van der Waals surface area contributed by atoms with Gasteiger partial charge in [-0.3, -0.25) is 4.79 Å². The highest BCUT2D eigenvalue weighted by Gasteiger charge is 2.23. The molecule has 0 bridgehead atoms. The summed E-state index contributed by atoms with van der Waals surface area (Å²) in [4.78, 5) is 33.7. The number of methoxy groups -OCH3 is 1. The Balaban J connectivity index is 1.50. The van der Waals surface area contributed by atoms with Crippen LogP contribution in [0.2, 0.25) is 0 Å². The summed E-state index contributed by atoms with van der Waals surface area (Å²) in [6.45, 7) is 2.44. The number of anilines is 3. The van der Waals surface area contributed by atoms with Gasteiger partial charge in [-0.05, 0) is 43.7 Å². The molecule has 0 radical (unpaired) electrons. The van der Waals surface area contributed by atoms with Crippen molar-refractivity contribution in [1.82, 2.24) is 9.97 Å². The summed E-state index contributed by atoms with van der Waals surface area (Å²) < 4.78 is 29.8. The molecule has 1 atom stereocenters. The van der Waals surface area contributed by atoms with Crippen LogP contribution in [0.15, 0.2) is 57.9 Å². The number of halogens is 1. The van der Waals surface area contributed by atoms with Gasteiger partial charge in [0.15, 0.2) is 5.78 Å². The van der Waals surface area contributed by atoms with Crippen molar-refractivity contribution >= 4 is 34.1 Å². The van der Waals surface area contributed by atoms with Gasteiger partial charge in [-0.2, -0.15) is 0 Å². The first-order valence-electron chi connectivity index (χ1n) is 11.3. The van der Waals surface area contributed by atoms with E-state index in [-0.39, 0.29) is 23.3 Å². The first kappa shape index (κ1) is 23.4. The van der Waals surface area contributed by atoms with Crippen LogP contribution >= 0.6 is 0 Å². The number of carbonyl (C=O) groups excluding carboxylic acids is 1. The molecule has 1 aliphatic rings. The van der Waals surface area contributed by atoms with Crippen LogP contribution in [-0.4, -0.2) is 42.1 Å². The number of aromatic nitrogens is 2. The molecular weight excluding hydrogens is 467 g/mol. The number of Topliss-reactive ketones (excluding diaryl/α,β-unsaturated/α-hetero) is 1. The van der Waals surface area contributed by atoms with E-state index in [0.29, 0.717) is 52.6 Å². The topological polar surface area (TPSA) is 116 Å². The number of benzene rings is 2. The van der Waals surface area contributed by atoms with Gasteiger partial charge in [0.05, 0.1) is 31.1 Å². The maximum atomic E-state index is 13.6. The quantitative estimate of drug-likeness (QED) is 0.284. The Morgan fingerprint density at radius 1 is 1.19 bits per heavy atom. The molecule has 184 valence electrons. The molecule has 2 N–H and O–H groups in total. The molecule has 0 saturated carbocycles. The zero-order valence-electron chi connectivity index (χ0n) is 19.6. The summed E-state index contributed by atoms with van der Waals surface area (Å²) in [5.41, 5.74) is 1.73. The SMILES string of the molecule is COc1cc(F)ccc1-c1ccnc(Nc2ccc3c(NC4CCOC4)c(C(C)=O)c(=O)oc3c2)n1. The third kappa shape index (κ3) is 4.63. The molecule has 3 heterocycles. The molecule has 1 saturated heterocycles. The molecule has 4 aromatic rings. The summed E-state index contributed by atoms with van der Waals surface area (Å²) in [5, 5.41) is 6.99. The van der Waals surface area contributed by atoms with E-state index in [1.165, 1.54) is 26.2 Å². The van der Waals surface area contributed by atoms with Gasteiger partial charge in [0.1, 0.15) is 22.7 Å². The van der Waals surface area contributed by atoms with E-state index in [2.05, 4.69) is 20.6 Å². The van der Waals surface area contributed by atoms with Crippen molar-refractivity contribution in [2.75, 3.05) is 31.0 Å². The minimum atomic E-state index is -0.713. The predicted octanol–water partition coefficient (Wildman–Crippen LogP) is 4.54. The van der Waals surface area contributed by atoms with E-state index in [0.717, 1.165) is 6.42 Å². The van der Waals surface area contributed by atoms with E-state index in [4.69, 9.17) is 13.9 Å². The highest BCUT2D eigenvalue weighted by Crippen LogP contribution is 2.32. The number of ether oxygens (including phenoxy) is 2. The van der Waals surface area contributed by atoms with Crippen molar-refractivity contribution < 1.29 is 23.1 Å². The fraction of sp³-hybridized carbons (Fsp3) is 0.231. The maximum absolute atomic E-state index is 13.6. The summed E-state index contributed by atoms with van der Waals surface area (Å²) in [7, 11) is 1.46. The number of fused-ring (bicyclic) bond motifs is 1. The van der Waals surface area contributed by atoms with E-state index in [1.54, 1.807) is 36.5 Å². The van der Waals surface area contributed by atoms with Gasteiger partial charge in [0.2, 0.25) is 5.95 Å². The molecule has 5 rings (SSSR count). The molecule has 0 spiro atoms. The maximum Gasteiger partial charge on any atom is 0.349 e. The standard InChI is InChI=1S/C26H23FN4O5/c1-14(32)23-24(29-17-8-10-35-13-17)19-6-4-16(12-22(19)36-25(23)33)30-26-28-9-7-20(31-26)18-5-3-15(27)11-21(18)34-2/h3-7,9,11-12,17,29H,8,10,13H2,1-2H3,(H,28,30,31). The Labute approximate surface area is 205 Å². The van der Waals surface area contributed by atoms with Crippen LogP contribution in [0.1, 0.15) is 23.7 Å². The lowest BCUT2D eigenvalue weighted by Gasteiger charge is -2.17.